The third-order valence-electron chi connectivity index (χ3n) is 4.19. The molecular weight excluding hydrogens is 396 g/mol. The molecule has 0 saturated heterocycles. The summed E-state index contributed by atoms with van der Waals surface area (Å²) < 4.78 is 30.7. The third kappa shape index (κ3) is 5.63. The summed E-state index contributed by atoms with van der Waals surface area (Å²) in [6.45, 7) is 1.67. The molecule has 3 aromatic rings. The summed E-state index contributed by atoms with van der Waals surface area (Å²) in [5.41, 5.74) is 2.25. The highest BCUT2D eigenvalue weighted by Gasteiger charge is 2.08. The van der Waals surface area contributed by atoms with E-state index in [-0.39, 0.29) is 5.75 Å². The van der Waals surface area contributed by atoms with Crippen molar-refractivity contribution in [2.24, 2.45) is 0 Å². The van der Waals surface area contributed by atoms with E-state index in [2.05, 4.69) is 35.6 Å². The van der Waals surface area contributed by atoms with Crippen molar-refractivity contribution in [2.75, 3.05) is 23.7 Å². The SMILES string of the molecule is Cc1ncn(-c2cc(NCCNC(=O)Nc3cccc(OC(F)F)c3)ncn2)c1C. The Kier molecular flexibility index (Phi) is 6.73. The van der Waals surface area contributed by atoms with Crippen LogP contribution in [-0.2, 0) is 0 Å². The van der Waals surface area contributed by atoms with Gasteiger partial charge in [0.1, 0.15) is 30.0 Å². The molecule has 158 valence electrons. The third-order valence-corrected chi connectivity index (χ3v) is 4.19. The summed E-state index contributed by atoms with van der Waals surface area (Å²) in [6.07, 6.45) is 3.14. The number of halogens is 2. The Hall–Kier alpha value is -3.76. The first kappa shape index (κ1) is 21.0. The second kappa shape index (κ2) is 9.63. The van der Waals surface area contributed by atoms with Gasteiger partial charge in [0.25, 0.3) is 0 Å². The number of urea groups is 1. The topological polar surface area (TPSA) is 106 Å². The molecule has 30 heavy (non-hydrogen) atoms. The maximum atomic E-state index is 12.3. The van der Waals surface area contributed by atoms with Gasteiger partial charge in [-0.05, 0) is 26.0 Å². The average molecular weight is 417 g/mol. The minimum Gasteiger partial charge on any atom is -0.435 e. The largest absolute Gasteiger partial charge is 0.435 e. The van der Waals surface area contributed by atoms with Crippen molar-refractivity contribution in [2.45, 2.75) is 20.5 Å². The van der Waals surface area contributed by atoms with Crippen molar-refractivity contribution in [3.8, 4) is 11.6 Å². The first-order valence-electron chi connectivity index (χ1n) is 9.09. The molecule has 0 aliphatic carbocycles. The van der Waals surface area contributed by atoms with Crippen LogP contribution in [0, 0.1) is 13.8 Å². The van der Waals surface area contributed by atoms with E-state index in [9.17, 15) is 13.6 Å². The van der Waals surface area contributed by atoms with E-state index in [1.165, 1.54) is 24.5 Å². The lowest BCUT2D eigenvalue weighted by Gasteiger charge is -2.11. The monoisotopic (exact) mass is 417 g/mol. The molecule has 3 rings (SSSR count). The summed E-state index contributed by atoms with van der Waals surface area (Å²) >= 11 is 0. The lowest BCUT2D eigenvalue weighted by atomic mass is 10.3. The fourth-order valence-corrected chi connectivity index (χ4v) is 2.60. The highest BCUT2D eigenvalue weighted by atomic mass is 19.3. The number of amides is 2. The van der Waals surface area contributed by atoms with E-state index in [0.29, 0.717) is 30.4 Å². The lowest BCUT2D eigenvalue weighted by molar-refractivity contribution is -0.0497. The second-order valence-corrected chi connectivity index (χ2v) is 6.26. The summed E-state index contributed by atoms with van der Waals surface area (Å²) in [4.78, 5) is 24.6. The Morgan fingerprint density at radius 3 is 2.73 bits per heavy atom. The molecule has 2 heterocycles. The molecule has 9 nitrogen and oxygen atoms in total. The molecule has 0 saturated carbocycles. The van der Waals surface area contributed by atoms with E-state index >= 15 is 0 Å². The molecule has 0 unspecified atom stereocenters. The standard InChI is InChI=1S/C19H21F2N7O2/c1-12-13(2)28(11-26-12)17-9-16(24-10-25-17)22-6-7-23-19(29)27-14-4-3-5-15(8-14)30-18(20)21/h3-5,8-11,18H,6-7H2,1-2H3,(H,22,24,25)(H2,23,27,29). The van der Waals surface area contributed by atoms with Gasteiger partial charge in [0, 0.05) is 36.6 Å². The van der Waals surface area contributed by atoms with Crippen LogP contribution in [0.2, 0.25) is 0 Å². The van der Waals surface area contributed by atoms with Crippen LogP contribution in [0.5, 0.6) is 5.75 Å². The number of aromatic nitrogens is 4. The van der Waals surface area contributed by atoms with Crippen molar-refractivity contribution in [1.82, 2.24) is 24.8 Å². The number of carbonyl (C=O) groups is 1. The predicted molar refractivity (Wildman–Crippen MR) is 107 cm³/mol. The van der Waals surface area contributed by atoms with Crippen LogP contribution < -0.4 is 20.7 Å². The van der Waals surface area contributed by atoms with Gasteiger partial charge in [0.05, 0.1) is 5.69 Å². The van der Waals surface area contributed by atoms with E-state index in [1.807, 2.05) is 18.4 Å². The van der Waals surface area contributed by atoms with Gasteiger partial charge in [-0.2, -0.15) is 8.78 Å². The van der Waals surface area contributed by atoms with Crippen LogP contribution in [-0.4, -0.2) is 45.3 Å². The number of imidazole rings is 1. The van der Waals surface area contributed by atoms with Gasteiger partial charge in [-0.3, -0.25) is 4.57 Å². The van der Waals surface area contributed by atoms with Gasteiger partial charge >= 0.3 is 12.6 Å². The second-order valence-electron chi connectivity index (χ2n) is 6.26. The number of ether oxygens (including phenoxy) is 1. The maximum Gasteiger partial charge on any atom is 0.387 e. The van der Waals surface area contributed by atoms with Crippen molar-refractivity contribution < 1.29 is 18.3 Å². The molecule has 0 radical (unpaired) electrons. The summed E-state index contributed by atoms with van der Waals surface area (Å²) in [5, 5.41) is 8.32. The minimum absolute atomic E-state index is 0.0349. The van der Waals surface area contributed by atoms with Gasteiger partial charge in [-0.25, -0.2) is 19.7 Å². The molecule has 0 atom stereocenters. The van der Waals surface area contributed by atoms with Crippen LogP contribution in [0.3, 0.4) is 0 Å². The Morgan fingerprint density at radius 1 is 1.17 bits per heavy atom. The molecule has 0 fully saturated rings. The van der Waals surface area contributed by atoms with Crippen molar-refractivity contribution >= 4 is 17.5 Å². The van der Waals surface area contributed by atoms with E-state index < -0.39 is 12.6 Å². The fourth-order valence-electron chi connectivity index (χ4n) is 2.60. The quantitative estimate of drug-likeness (QED) is 0.487. The number of hydrogen-bond acceptors (Lipinski definition) is 6. The number of carbonyl (C=O) groups excluding carboxylic acids is 1. The Labute approximate surface area is 171 Å². The zero-order chi connectivity index (χ0) is 21.5. The Morgan fingerprint density at radius 2 is 2.00 bits per heavy atom. The number of hydrogen-bond donors (Lipinski definition) is 3. The first-order chi connectivity index (χ1) is 14.4. The van der Waals surface area contributed by atoms with E-state index in [1.54, 1.807) is 18.5 Å². The average Bonchev–Trinajstić information content (AvgIpc) is 3.04. The first-order valence-corrected chi connectivity index (χ1v) is 9.09. The highest BCUT2D eigenvalue weighted by molar-refractivity contribution is 5.89. The maximum absolute atomic E-state index is 12.3. The van der Waals surface area contributed by atoms with Crippen LogP contribution in [0.1, 0.15) is 11.4 Å². The Balaban J connectivity index is 1.47. The summed E-state index contributed by atoms with van der Waals surface area (Å²) in [5.74, 6) is 1.25. The van der Waals surface area contributed by atoms with Crippen LogP contribution >= 0.6 is 0 Å². The number of nitrogens with zero attached hydrogens (tertiary/aromatic N) is 4. The molecular formula is C19H21F2N7O2. The predicted octanol–water partition coefficient (Wildman–Crippen LogP) is 3.11. The fraction of sp³-hybridized carbons (Fsp3) is 0.263. The Bertz CT molecular complexity index is 1010. The number of aryl methyl sites for hydroxylation is 1. The highest BCUT2D eigenvalue weighted by Crippen LogP contribution is 2.19. The molecule has 0 aliphatic rings. The number of nitrogens with one attached hydrogen (secondary N) is 3. The van der Waals surface area contributed by atoms with Crippen LogP contribution in [0.4, 0.5) is 25.1 Å². The minimum atomic E-state index is -2.93. The molecule has 1 aromatic carbocycles. The van der Waals surface area contributed by atoms with Gasteiger partial charge in [-0.15, -0.1) is 0 Å². The molecule has 11 heteroatoms. The molecule has 0 aliphatic heterocycles. The molecule has 0 bridgehead atoms. The van der Waals surface area contributed by atoms with E-state index in [4.69, 9.17) is 0 Å². The van der Waals surface area contributed by atoms with Gasteiger partial charge in [0.15, 0.2) is 0 Å². The summed E-state index contributed by atoms with van der Waals surface area (Å²) in [7, 11) is 0. The number of alkyl halides is 2. The van der Waals surface area contributed by atoms with Gasteiger partial charge < -0.3 is 20.7 Å². The lowest BCUT2D eigenvalue weighted by Crippen LogP contribution is -2.32. The normalized spacial score (nSPS) is 10.7. The molecule has 3 N–H and O–H groups in total. The van der Waals surface area contributed by atoms with Crippen molar-refractivity contribution in [1.29, 1.82) is 0 Å². The van der Waals surface area contributed by atoms with Crippen LogP contribution in [0.25, 0.3) is 5.82 Å². The molecule has 0 spiro atoms. The van der Waals surface area contributed by atoms with Gasteiger partial charge in [-0.1, -0.05) is 6.07 Å². The summed E-state index contributed by atoms with van der Waals surface area (Å²) in [6, 6.07) is 7.07. The number of benzene rings is 1. The van der Waals surface area contributed by atoms with Crippen LogP contribution in [0.15, 0.2) is 43.0 Å². The number of anilines is 2. The molecule has 2 aromatic heterocycles. The smallest absolute Gasteiger partial charge is 0.387 e. The zero-order valence-electron chi connectivity index (χ0n) is 16.4. The van der Waals surface area contributed by atoms with E-state index in [0.717, 1.165) is 11.4 Å². The van der Waals surface area contributed by atoms with Crippen molar-refractivity contribution in [3.63, 3.8) is 0 Å². The number of rotatable bonds is 8. The molecule has 2 amide bonds. The zero-order valence-corrected chi connectivity index (χ0v) is 16.4. The van der Waals surface area contributed by atoms with Crippen molar-refractivity contribution in [3.05, 3.63) is 54.4 Å². The van der Waals surface area contributed by atoms with Gasteiger partial charge in [0.2, 0.25) is 0 Å².